The lowest BCUT2D eigenvalue weighted by atomic mass is 10.1. The summed E-state index contributed by atoms with van der Waals surface area (Å²) in [6, 6.07) is 24.2. The Hall–Kier alpha value is -3.58. The molecule has 0 fully saturated rings. The second-order valence-corrected chi connectivity index (χ2v) is 8.80. The molecule has 1 amide bonds. The summed E-state index contributed by atoms with van der Waals surface area (Å²) in [7, 11) is 0. The van der Waals surface area contributed by atoms with Crippen LogP contribution in [-0.4, -0.2) is 27.8 Å². The Labute approximate surface area is 203 Å². The second kappa shape index (κ2) is 11.0. The van der Waals surface area contributed by atoms with Gasteiger partial charge in [0.15, 0.2) is 5.16 Å². The van der Waals surface area contributed by atoms with Gasteiger partial charge in [-0.25, -0.2) is 4.98 Å². The molecule has 0 aliphatic carbocycles. The SMILES string of the molecule is CCCOc1ccccc1NC(=O)CSc1nc2ccccc2c(=O)n1[C@H](C)c1ccccc1. The number of carbonyl (C=O) groups is 1. The van der Waals surface area contributed by atoms with Crippen molar-refractivity contribution in [3.8, 4) is 5.75 Å². The number of carbonyl (C=O) groups excluding carboxylic acids is 1. The molecule has 6 nitrogen and oxygen atoms in total. The molecule has 1 atom stereocenters. The largest absolute Gasteiger partial charge is 0.491 e. The Balaban J connectivity index is 1.60. The third-order valence-corrected chi connectivity index (χ3v) is 6.35. The molecule has 7 heteroatoms. The van der Waals surface area contributed by atoms with Crippen LogP contribution in [0.3, 0.4) is 0 Å². The van der Waals surface area contributed by atoms with E-state index in [1.165, 1.54) is 11.8 Å². The van der Waals surface area contributed by atoms with Gasteiger partial charge in [-0.2, -0.15) is 0 Å². The first kappa shape index (κ1) is 23.6. The zero-order valence-electron chi connectivity index (χ0n) is 19.2. The lowest BCUT2D eigenvalue weighted by molar-refractivity contribution is -0.113. The molecule has 0 aliphatic heterocycles. The predicted octanol–water partition coefficient (Wildman–Crippen LogP) is 5.53. The van der Waals surface area contributed by atoms with E-state index in [1.807, 2.05) is 86.6 Å². The molecule has 0 bridgehead atoms. The zero-order chi connectivity index (χ0) is 23.9. The number of fused-ring (bicyclic) bond motifs is 1. The standard InChI is InChI=1S/C27H27N3O3S/c1-3-17-33-24-16-10-9-15-23(24)28-25(31)18-34-27-29-22-14-8-7-13-21(22)26(32)30(27)19(2)20-11-5-4-6-12-20/h4-16,19H,3,17-18H2,1-2H3,(H,28,31)/t19-/m1/s1. The van der Waals surface area contributed by atoms with Crippen LogP contribution in [0, 0.1) is 0 Å². The maximum atomic E-state index is 13.4. The van der Waals surface area contributed by atoms with Crippen molar-refractivity contribution >= 4 is 34.3 Å². The minimum Gasteiger partial charge on any atom is -0.491 e. The second-order valence-electron chi connectivity index (χ2n) is 7.85. The molecule has 3 aromatic carbocycles. The van der Waals surface area contributed by atoms with E-state index in [4.69, 9.17) is 9.72 Å². The topological polar surface area (TPSA) is 73.2 Å². The van der Waals surface area contributed by atoms with Crippen molar-refractivity contribution < 1.29 is 9.53 Å². The Bertz CT molecular complexity index is 1340. The Kier molecular flexibility index (Phi) is 7.65. The van der Waals surface area contributed by atoms with Crippen LogP contribution in [-0.2, 0) is 4.79 Å². The monoisotopic (exact) mass is 473 g/mol. The molecular weight excluding hydrogens is 446 g/mol. The average molecular weight is 474 g/mol. The van der Waals surface area contributed by atoms with Gasteiger partial charge >= 0.3 is 0 Å². The lowest BCUT2D eigenvalue weighted by Gasteiger charge is -2.20. The molecule has 1 N–H and O–H groups in total. The van der Waals surface area contributed by atoms with Crippen LogP contribution < -0.4 is 15.6 Å². The van der Waals surface area contributed by atoms with Crippen LogP contribution in [0.2, 0.25) is 0 Å². The molecule has 0 radical (unpaired) electrons. The fourth-order valence-corrected chi connectivity index (χ4v) is 4.55. The van der Waals surface area contributed by atoms with Crippen molar-refractivity contribution in [1.29, 1.82) is 0 Å². The van der Waals surface area contributed by atoms with E-state index in [2.05, 4.69) is 5.32 Å². The number of nitrogens with one attached hydrogen (secondary N) is 1. The quantitative estimate of drug-likeness (QED) is 0.256. The lowest BCUT2D eigenvalue weighted by Crippen LogP contribution is -2.27. The molecule has 1 heterocycles. The summed E-state index contributed by atoms with van der Waals surface area (Å²) in [5.41, 5.74) is 2.12. The van der Waals surface area contributed by atoms with Crippen LogP contribution in [0.5, 0.6) is 5.75 Å². The number of hydrogen-bond acceptors (Lipinski definition) is 5. The normalized spacial score (nSPS) is 11.8. The van der Waals surface area contributed by atoms with Gasteiger partial charge in [-0.3, -0.25) is 14.2 Å². The highest BCUT2D eigenvalue weighted by Crippen LogP contribution is 2.27. The van der Waals surface area contributed by atoms with Gasteiger partial charge in [0, 0.05) is 0 Å². The molecule has 0 aliphatic rings. The van der Waals surface area contributed by atoms with Crippen LogP contribution >= 0.6 is 11.8 Å². The number of aromatic nitrogens is 2. The highest BCUT2D eigenvalue weighted by Gasteiger charge is 2.19. The van der Waals surface area contributed by atoms with Gasteiger partial charge in [0.25, 0.3) is 5.56 Å². The summed E-state index contributed by atoms with van der Waals surface area (Å²) in [4.78, 5) is 31.0. The van der Waals surface area contributed by atoms with Crippen LogP contribution in [0.15, 0.2) is 88.8 Å². The van der Waals surface area contributed by atoms with E-state index >= 15 is 0 Å². The number of hydrogen-bond donors (Lipinski definition) is 1. The first-order valence-corrected chi connectivity index (χ1v) is 12.3. The van der Waals surface area contributed by atoms with Crippen molar-refractivity contribution in [3.63, 3.8) is 0 Å². The van der Waals surface area contributed by atoms with E-state index < -0.39 is 0 Å². The summed E-state index contributed by atoms with van der Waals surface area (Å²) >= 11 is 1.25. The number of ether oxygens (including phenoxy) is 1. The van der Waals surface area contributed by atoms with Crippen molar-refractivity contribution in [3.05, 3.63) is 94.8 Å². The molecule has 4 aromatic rings. The predicted molar refractivity (Wildman–Crippen MR) is 138 cm³/mol. The molecule has 1 aromatic heterocycles. The third kappa shape index (κ3) is 5.31. The number of amides is 1. The molecule has 0 saturated carbocycles. The molecular formula is C27H27N3O3S. The fourth-order valence-electron chi connectivity index (χ4n) is 3.67. The maximum absolute atomic E-state index is 13.4. The zero-order valence-corrected chi connectivity index (χ0v) is 20.0. The summed E-state index contributed by atoms with van der Waals surface area (Å²) < 4.78 is 7.41. The minimum absolute atomic E-state index is 0.106. The van der Waals surface area contributed by atoms with Crippen molar-refractivity contribution in [2.75, 3.05) is 17.7 Å². The van der Waals surface area contributed by atoms with Gasteiger partial charge in [-0.15, -0.1) is 0 Å². The van der Waals surface area contributed by atoms with Gasteiger partial charge in [0.05, 0.1) is 35.0 Å². The van der Waals surface area contributed by atoms with E-state index in [0.29, 0.717) is 34.1 Å². The minimum atomic E-state index is -0.237. The highest BCUT2D eigenvalue weighted by molar-refractivity contribution is 7.99. The van der Waals surface area contributed by atoms with Crippen LogP contribution in [0.1, 0.15) is 31.9 Å². The van der Waals surface area contributed by atoms with Crippen LogP contribution in [0.4, 0.5) is 5.69 Å². The molecule has 34 heavy (non-hydrogen) atoms. The highest BCUT2D eigenvalue weighted by atomic mass is 32.2. The third-order valence-electron chi connectivity index (χ3n) is 5.40. The number of rotatable bonds is 9. The molecule has 4 rings (SSSR count). The van der Waals surface area contributed by atoms with Gasteiger partial charge in [-0.05, 0) is 43.2 Å². The van der Waals surface area contributed by atoms with E-state index in [1.54, 1.807) is 10.6 Å². The van der Waals surface area contributed by atoms with Crippen molar-refractivity contribution in [2.24, 2.45) is 0 Å². The van der Waals surface area contributed by atoms with Gasteiger partial charge in [0.2, 0.25) is 5.91 Å². The van der Waals surface area contributed by atoms with Gasteiger partial charge in [-0.1, -0.05) is 73.3 Å². The number of nitrogens with zero attached hydrogens (tertiary/aromatic N) is 2. The van der Waals surface area contributed by atoms with E-state index in [9.17, 15) is 9.59 Å². The molecule has 0 saturated heterocycles. The smallest absolute Gasteiger partial charge is 0.262 e. The average Bonchev–Trinajstić information content (AvgIpc) is 2.87. The molecule has 174 valence electrons. The maximum Gasteiger partial charge on any atom is 0.262 e. The van der Waals surface area contributed by atoms with E-state index in [-0.39, 0.29) is 23.3 Å². The van der Waals surface area contributed by atoms with E-state index in [0.717, 1.165) is 12.0 Å². The number of para-hydroxylation sites is 3. The Morgan fingerprint density at radius 3 is 2.53 bits per heavy atom. The Morgan fingerprint density at radius 2 is 1.74 bits per heavy atom. The van der Waals surface area contributed by atoms with Crippen molar-refractivity contribution in [1.82, 2.24) is 9.55 Å². The molecule has 0 unspecified atom stereocenters. The first-order valence-electron chi connectivity index (χ1n) is 11.3. The number of anilines is 1. The fraction of sp³-hybridized carbons (Fsp3) is 0.222. The summed E-state index contributed by atoms with van der Waals surface area (Å²) in [5.74, 6) is 0.550. The van der Waals surface area contributed by atoms with Crippen LogP contribution in [0.25, 0.3) is 10.9 Å². The van der Waals surface area contributed by atoms with Gasteiger partial charge in [0.1, 0.15) is 5.75 Å². The summed E-state index contributed by atoms with van der Waals surface area (Å²) in [6.07, 6.45) is 0.878. The molecule has 0 spiro atoms. The number of thioether (sulfide) groups is 1. The summed E-state index contributed by atoms with van der Waals surface area (Å²) in [6.45, 7) is 4.58. The van der Waals surface area contributed by atoms with Gasteiger partial charge < -0.3 is 10.1 Å². The number of benzene rings is 3. The summed E-state index contributed by atoms with van der Waals surface area (Å²) in [5, 5.41) is 3.98. The first-order chi connectivity index (χ1) is 16.6. The Morgan fingerprint density at radius 1 is 1.03 bits per heavy atom. The van der Waals surface area contributed by atoms with Crippen molar-refractivity contribution in [2.45, 2.75) is 31.5 Å².